The van der Waals surface area contributed by atoms with Gasteiger partial charge in [0.1, 0.15) is 0 Å². The molecule has 76 valence electrons. The van der Waals surface area contributed by atoms with Crippen molar-refractivity contribution in [3.05, 3.63) is 0 Å². The number of nitrogens with one attached hydrogen (secondary N) is 1. The van der Waals surface area contributed by atoms with Crippen molar-refractivity contribution in [2.24, 2.45) is 11.8 Å². The van der Waals surface area contributed by atoms with Gasteiger partial charge in [-0.25, -0.2) is 0 Å². The van der Waals surface area contributed by atoms with E-state index in [1.807, 2.05) is 6.92 Å². The molecule has 3 nitrogen and oxygen atoms in total. The highest BCUT2D eigenvalue weighted by Crippen LogP contribution is 2.23. The van der Waals surface area contributed by atoms with Crippen LogP contribution in [0.25, 0.3) is 0 Å². The summed E-state index contributed by atoms with van der Waals surface area (Å²) in [6.45, 7) is 8.58. The Balaban J connectivity index is 2.50. The molecule has 1 amide bonds. The Hall–Kier alpha value is -0.570. The van der Waals surface area contributed by atoms with Crippen LogP contribution >= 0.6 is 0 Å². The fourth-order valence-corrected chi connectivity index (χ4v) is 1.87. The normalized spacial score (nSPS) is 31.7. The van der Waals surface area contributed by atoms with E-state index in [1.54, 1.807) is 7.05 Å². The summed E-state index contributed by atoms with van der Waals surface area (Å²) < 4.78 is 0. The van der Waals surface area contributed by atoms with E-state index in [9.17, 15) is 4.79 Å². The topological polar surface area (TPSA) is 32.3 Å². The summed E-state index contributed by atoms with van der Waals surface area (Å²) in [4.78, 5) is 13.6. The van der Waals surface area contributed by atoms with Crippen LogP contribution in [0.1, 0.15) is 20.8 Å². The molecule has 3 atom stereocenters. The number of hydrogen-bond acceptors (Lipinski definition) is 2. The first kappa shape index (κ1) is 10.5. The van der Waals surface area contributed by atoms with Crippen LogP contribution in [0.2, 0.25) is 0 Å². The van der Waals surface area contributed by atoms with Crippen LogP contribution < -0.4 is 5.32 Å². The number of carbonyl (C=O) groups excluding carboxylic acids is 1. The molecule has 0 spiro atoms. The lowest BCUT2D eigenvalue weighted by atomic mass is 10.0. The molecule has 0 aromatic rings. The van der Waals surface area contributed by atoms with Crippen LogP contribution in [0, 0.1) is 11.8 Å². The van der Waals surface area contributed by atoms with Gasteiger partial charge in [0.2, 0.25) is 5.91 Å². The van der Waals surface area contributed by atoms with Crippen molar-refractivity contribution in [2.75, 3.05) is 20.1 Å². The third kappa shape index (κ3) is 2.21. The standard InChI is InChI=1S/C10H20N2O/c1-7-5-12(6-8(7)2)9(3)10(13)11-4/h7-9H,5-6H2,1-4H3,(H,11,13). The predicted molar refractivity (Wildman–Crippen MR) is 53.4 cm³/mol. The minimum Gasteiger partial charge on any atom is -0.358 e. The third-order valence-electron chi connectivity index (χ3n) is 3.19. The van der Waals surface area contributed by atoms with Gasteiger partial charge in [0.25, 0.3) is 0 Å². The highest BCUT2D eigenvalue weighted by Gasteiger charge is 2.31. The quantitative estimate of drug-likeness (QED) is 0.685. The van der Waals surface area contributed by atoms with Crippen molar-refractivity contribution >= 4 is 5.91 Å². The van der Waals surface area contributed by atoms with Crippen molar-refractivity contribution in [1.82, 2.24) is 10.2 Å². The Morgan fingerprint density at radius 2 is 1.85 bits per heavy atom. The van der Waals surface area contributed by atoms with Crippen molar-refractivity contribution in [2.45, 2.75) is 26.8 Å². The van der Waals surface area contributed by atoms with Gasteiger partial charge in [-0.3, -0.25) is 9.69 Å². The summed E-state index contributed by atoms with van der Waals surface area (Å²) in [5.74, 6) is 1.56. The Morgan fingerprint density at radius 1 is 1.38 bits per heavy atom. The van der Waals surface area contributed by atoms with Crippen molar-refractivity contribution in [1.29, 1.82) is 0 Å². The number of rotatable bonds is 2. The Labute approximate surface area is 80.5 Å². The van der Waals surface area contributed by atoms with E-state index in [-0.39, 0.29) is 11.9 Å². The summed E-state index contributed by atoms with van der Waals surface area (Å²) in [6, 6.07) is 0.0254. The van der Waals surface area contributed by atoms with Crippen molar-refractivity contribution < 1.29 is 4.79 Å². The van der Waals surface area contributed by atoms with E-state index in [4.69, 9.17) is 0 Å². The molecule has 3 unspecified atom stereocenters. The second-order valence-corrected chi connectivity index (χ2v) is 4.20. The van der Waals surface area contributed by atoms with Gasteiger partial charge in [-0.2, -0.15) is 0 Å². The van der Waals surface area contributed by atoms with Crippen LogP contribution in [-0.4, -0.2) is 37.0 Å². The lowest BCUT2D eigenvalue weighted by Crippen LogP contribution is -2.42. The average Bonchev–Trinajstić information content (AvgIpc) is 2.44. The van der Waals surface area contributed by atoms with Gasteiger partial charge in [-0.15, -0.1) is 0 Å². The van der Waals surface area contributed by atoms with Crippen molar-refractivity contribution in [3.63, 3.8) is 0 Å². The molecule has 1 heterocycles. The highest BCUT2D eigenvalue weighted by molar-refractivity contribution is 5.80. The van der Waals surface area contributed by atoms with E-state index in [2.05, 4.69) is 24.1 Å². The molecule has 1 aliphatic heterocycles. The first-order valence-electron chi connectivity index (χ1n) is 5.02. The molecule has 1 saturated heterocycles. The Bertz CT molecular complexity index is 183. The molecule has 1 aliphatic rings. The highest BCUT2D eigenvalue weighted by atomic mass is 16.2. The molecule has 0 aliphatic carbocycles. The minimum atomic E-state index is 0.0254. The maximum Gasteiger partial charge on any atom is 0.236 e. The monoisotopic (exact) mass is 184 g/mol. The van der Waals surface area contributed by atoms with Gasteiger partial charge >= 0.3 is 0 Å². The lowest BCUT2D eigenvalue weighted by Gasteiger charge is -2.22. The van der Waals surface area contributed by atoms with E-state index in [0.717, 1.165) is 13.1 Å². The zero-order valence-corrected chi connectivity index (χ0v) is 9.00. The summed E-state index contributed by atoms with van der Waals surface area (Å²) in [5.41, 5.74) is 0. The van der Waals surface area contributed by atoms with E-state index >= 15 is 0 Å². The van der Waals surface area contributed by atoms with Crippen LogP contribution in [0.4, 0.5) is 0 Å². The predicted octanol–water partition coefficient (Wildman–Crippen LogP) is 0.709. The SMILES string of the molecule is CNC(=O)C(C)N1CC(C)C(C)C1. The maximum absolute atomic E-state index is 11.4. The maximum atomic E-state index is 11.4. The third-order valence-corrected chi connectivity index (χ3v) is 3.19. The average molecular weight is 184 g/mol. The number of likely N-dealkylation sites (N-methyl/N-ethyl adjacent to an activating group) is 1. The molecule has 0 aromatic carbocycles. The summed E-state index contributed by atoms with van der Waals surface area (Å²) in [6.07, 6.45) is 0. The molecule has 0 radical (unpaired) electrons. The van der Waals surface area contributed by atoms with Gasteiger partial charge in [0.05, 0.1) is 6.04 Å². The summed E-state index contributed by atoms with van der Waals surface area (Å²) in [7, 11) is 1.70. The smallest absolute Gasteiger partial charge is 0.236 e. The number of hydrogen-bond donors (Lipinski definition) is 1. The van der Waals surface area contributed by atoms with Gasteiger partial charge in [0.15, 0.2) is 0 Å². The fourth-order valence-electron chi connectivity index (χ4n) is 1.87. The molecular weight excluding hydrogens is 164 g/mol. The first-order valence-corrected chi connectivity index (χ1v) is 5.02. The summed E-state index contributed by atoms with van der Waals surface area (Å²) in [5, 5.41) is 2.69. The Kier molecular flexibility index (Phi) is 3.31. The molecule has 0 aromatic heterocycles. The molecule has 0 bridgehead atoms. The van der Waals surface area contributed by atoms with Gasteiger partial charge in [0, 0.05) is 20.1 Å². The Morgan fingerprint density at radius 3 is 2.23 bits per heavy atom. The zero-order chi connectivity index (χ0) is 10.0. The van der Waals surface area contributed by atoms with Crippen LogP contribution in [0.3, 0.4) is 0 Å². The van der Waals surface area contributed by atoms with Crippen molar-refractivity contribution in [3.8, 4) is 0 Å². The lowest BCUT2D eigenvalue weighted by molar-refractivity contribution is -0.125. The molecule has 13 heavy (non-hydrogen) atoms. The second-order valence-electron chi connectivity index (χ2n) is 4.20. The van der Waals surface area contributed by atoms with E-state index in [0.29, 0.717) is 11.8 Å². The van der Waals surface area contributed by atoms with Gasteiger partial charge in [-0.05, 0) is 18.8 Å². The number of likely N-dealkylation sites (tertiary alicyclic amines) is 1. The largest absolute Gasteiger partial charge is 0.358 e. The minimum absolute atomic E-state index is 0.0254. The number of nitrogens with zero attached hydrogens (tertiary/aromatic N) is 1. The van der Waals surface area contributed by atoms with E-state index < -0.39 is 0 Å². The zero-order valence-electron chi connectivity index (χ0n) is 9.00. The van der Waals surface area contributed by atoms with Gasteiger partial charge in [-0.1, -0.05) is 13.8 Å². The number of carbonyl (C=O) groups is 1. The second kappa shape index (κ2) is 4.09. The van der Waals surface area contributed by atoms with Crippen LogP contribution in [-0.2, 0) is 4.79 Å². The van der Waals surface area contributed by atoms with Crippen LogP contribution in [0.5, 0.6) is 0 Å². The van der Waals surface area contributed by atoms with E-state index in [1.165, 1.54) is 0 Å². The molecular formula is C10H20N2O. The molecule has 3 heteroatoms. The first-order chi connectivity index (χ1) is 6.06. The summed E-state index contributed by atoms with van der Waals surface area (Å²) >= 11 is 0. The molecule has 1 rings (SSSR count). The molecule has 1 fully saturated rings. The molecule has 1 N–H and O–H groups in total. The van der Waals surface area contributed by atoms with Crippen LogP contribution in [0.15, 0.2) is 0 Å². The van der Waals surface area contributed by atoms with Gasteiger partial charge < -0.3 is 5.32 Å². The number of amides is 1. The molecule has 0 saturated carbocycles. The fraction of sp³-hybridized carbons (Fsp3) is 0.900.